The third kappa shape index (κ3) is 1.99. The Labute approximate surface area is 140 Å². The summed E-state index contributed by atoms with van der Waals surface area (Å²) in [5, 5.41) is 31.1. The Hall–Kier alpha value is -0.120. The molecule has 0 unspecified atom stereocenters. The highest BCUT2D eigenvalue weighted by Crippen LogP contribution is 2.72. The SMILES string of the molecule is C[C@@]1(CO)CCC[C@]2(C)[C@@H]1C[C@H](O)[C@@]13C[C@@H](CC[C@@H]21)[C@@H](CO)C3. The molecule has 3 nitrogen and oxygen atoms in total. The molecule has 0 saturated heterocycles. The summed E-state index contributed by atoms with van der Waals surface area (Å²) in [5.74, 6) is 2.04. The van der Waals surface area contributed by atoms with Crippen LogP contribution in [0.2, 0.25) is 0 Å². The van der Waals surface area contributed by atoms with Gasteiger partial charge in [-0.15, -0.1) is 0 Å². The Morgan fingerprint density at radius 1 is 1.00 bits per heavy atom. The molecular formula is C20H34O3. The highest BCUT2D eigenvalue weighted by molar-refractivity contribution is 5.16. The van der Waals surface area contributed by atoms with Crippen LogP contribution in [0.15, 0.2) is 0 Å². The van der Waals surface area contributed by atoms with Gasteiger partial charge in [-0.3, -0.25) is 0 Å². The van der Waals surface area contributed by atoms with Crippen LogP contribution in [-0.4, -0.2) is 34.6 Å². The van der Waals surface area contributed by atoms with Gasteiger partial charge < -0.3 is 15.3 Å². The van der Waals surface area contributed by atoms with Crippen molar-refractivity contribution in [3.05, 3.63) is 0 Å². The third-order valence-electron chi connectivity index (χ3n) is 9.09. The summed E-state index contributed by atoms with van der Waals surface area (Å²) < 4.78 is 0. The molecule has 132 valence electrons. The zero-order valence-corrected chi connectivity index (χ0v) is 14.8. The maximum Gasteiger partial charge on any atom is 0.0602 e. The molecule has 0 aromatic carbocycles. The van der Waals surface area contributed by atoms with E-state index in [0.29, 0.717) is 30.3 Å². The minimum absolute atomic E-state index is 0.0264. The Morgan fingerprint density at radius 3 is 2.48 bits per heavy atom. The Bertz CT molecular complexity index is 480. The second-order valence-corrected chi connectivity index (χ2v) is 9.95. The molecule has 0 aliphatic heterocycles. The lowest BCUT2D eigenvalue weighted by Crippen LogP contribution is -2.62. The van der Waals surface area contributed by atoms with E-state index in [0.717, 1.165) is 25.7 Å². The summed E-state index contributed by atoms with van der Waals surface area (Å²) in [6.45, 7) is 5.26. The minimum atomic E-state index is -0.242. The van der Waals surface area contributed by atoms with Crippen molar-refractivity contribution in [2.45, 2.75) is 71.3 Å². The van der Waals surface area contributed by atoms with Crippen molar-refractivity contribution in [2.75, 3.05) is 13.2 Å². The van der Waals surface area contributed by atoms with Gasteiger partial charge in [0.15, 0.2) is 0 Å². The molecule has 4 rings (SSSR count). The fraction of sp³-hybridized carbons (Fsp3) is 1.00. The first-order valence-electron chi connectivity index (χ1n) is 9.79. The van der Waals surface area contributed by atoms with E-state index in [2.05, 4.69) is 13.8 Å². The van der Waals surface area contributed by atoms with Gasteiger partial charge in [-0.05, 0) is 79.4 Å². The van der Waals surface area contributed by atoms with Crippen molar-refractivity contribution in [1.82, 2.24) is 0 Å². The first kappa shape index (κ1) is 16.4. The number of hydrogen-bond donors (Lipinski definition) is 3. The molecule has 0 heterocycles. The van der Waals surface area contributed by atoms with Crippen LogP contribution in [0.25, 0.3) is 0 Å². The molecular weight excluding hydrogens is 288 g/mol. The Morgan fingerprint density at radius 2 is 1.78 bits per heavy atom. The molecule has 0 aromatic rings. The lowest BCUT2D eigenvalue weighted by atomic mass is 9.40. The molecule has 4 saturated carbocycles. The van der Waals surface area contributed by atoms with E-state index in [4.69, 9.17) is 0 Å². The van der Waals surface area contributed by atoms with E-state index < -0.39 is 0 Å². The van der Waals surface area contributed by atoms with Crippen molar-refractivity contribution in [3.8, 4) is 0 Å². The van der Waals surface area contributed by atoms with Crippen LogP contribution in [0.4, 0.5) is 0 Å². The molecule has 4 fully saturated rings. The number of hydrogen-bond acceptors (Lipinski definition) is 3. The van der Waals surface area contributed by atoms with Gasteiger partial charge >= 0.3 is 0 Å². The number of aliphatic hydroxyl groups excluding tert-OH is 3. The summed E-state index contributed by atoms with van der Waals surface area (Å²) in [7, 11) is 0. The van der Waals surface area contributed by atoms with Crippen LogP contribution in [0.3, 0.4) is 0 Å². The van der Waals surface area contributed by atoms with E-state index in [1.165, 1.54) is 25.7 Å². The van der Waals surface area contributed by atoms with Crippen LogP contribution < -0.4 is 0 Å². The number of aliphatic hydroxyl groups is 3. The third-order valence-corrected chi connectivity index (χ3v) is 9.09. The molecule has 0 amide bonds. The standard InChI is InChI=1S/C20H34O3/c1-18(12-22)6-3-7-19(2)15-5-4-13-9-20(15,10-14(13)11-21)17(23)8-16(18)19/h13-17,21-23H,3-12H2,1-2H3/t13-,14-,15+,16-,17+,18+,19+,20-/m1/s1. The summed E-state index contributed by atoms with van der Waals surface area (Å²) in [4.78, 5) is 0. The lowest BCUT2D eigenvalue weighted by molar-refractivity contribution is -0.205. The molecule has 2 bridgehead atoms. The van der Waals surface area contributed by atoms with Crippen LogP contribution in [0, 0.1) is 39.9 Å². The quantitative estimate of drug-likeness (QED) is 0.732. The van der Waals surface area contributed by atoms with Crippen molar-refractivity contribution >= 4 is 0 Å². The van der Waals surface area contributed by atoms with Gasteiger partial charge in [-0.2, -0.15) is 0 Å². The van der Waals surface area contributed by atoms with E-state index >= 15 is 0 Å². The van der Waals surface area contributed by atoms with Crippen LogP contribution in [-0.2, 0) is 0 Å². The Balaban J connectivity index is 1.74. The van der Waals surface area contributed by atoms with Gasteiger partial charge in [0.25, 0.3) is 0 Å². The smallest absolute Gasteiger partial charge is 0.0602 e. The average Bonchev–Trinajstić information content (AvgIpc) is 2.82. The second-order valence-electron chi connectivity index (χ2n) is 9.95. The molecule has 3 N–H and O–H groups in total. The summed E-state index contributed by atoms with van der Waals surface area (Å²) >= 11 is 0. The van der Waals surface area contributed by atoms with Crippen molar-refractivity contribution in [2.24, 2.45) is 39.9 Å². The largest absolute Gasteiger partial charge is 0.396 e. The van der Waals surface area contributed by atoms with Crippen LogP contribution >= 0.6 is 0 Å². The molecule has 23 heavy (non-hydrogen) atoms. The van der Waals surface area contributed by atoms with E-state index in [1.807, 2.05) is 0 Å². The van der Waals surface area contributed by atoms with Crippen LogP contribution in [0.1, 0.15) is 65.2 Å². The highest BCUT2D eigenvalue weighted by Gasteiger charge is 2.67. The molecule has 4 aliphatic carbocycles. The maximum absolute atomic E-state index is 11.2. The topological polar surface area (TPSA) is 60.7 Å². The highest BCUT2D eigenvalue weighted by atomic mass is 16.3. The fourth-order valence-electron chi connectivity index (χ4n) is 8.02. The minimum Gasteiger partial charge on any atom is -0.396 e. The second kappa shape index (κ2) is 5.19. The first-order chi connectivity index (χ1) is 10.9. The maximum atomic E-state index is 11.2. The van der Waals surface area contributed by atoms with Gasteiger partial charge in [0.1, 0.15) is 0 Å². The fourth-order valence-corrected chi connectivity index (χ4v) is 8.02. The van der Waals surface area contributed by atoms with Gasteiger partial charge in [0, 0.05) is 18.6 Å². The number of fused-ring (bicyclic) bond motifs is 3. The predicted molar refractivity (Wildman–Crippen MR) is 89.7 cm³/mol. The van der Waals surface area contributed by atoms with E-state index in [1.54, 1.807) is 0 Å². The zero-order valence-electron chi connectivity index (χ0n) is 14.8. The van der Waals surface area contributed by atoms with Crippen LogP contribution in [0.5, 0.6) is 0 Å². The van der Waals surface area contributed by atoms with E-state index in [9.17, 15) is 15.3 Å². The van der Waals surface area contributed by atoms with Gasteiger partial charge in [0.2, 0.25) is 0 Å². The lowest BCUT2D eigenvalue weighted by Gasteiger charge is -2.65. The zero-order chi connectivity index (χ0) is 16.5. The van der Waals surface area contributed by atoms with Crippen molar-refractivity contribution in [1.29, 1.82) is 0 Å². The normalized spacial score (nSPS) is 58.6. The average molecular weight is 322 g/mol. The summed E-state index contributed by atoms with van der Waals surface area (Å²) in [6, 6.07) is 0. The molecule has 0 aromatic heterocycles. The molecule has 4 aliphatic rings. The molecule has 8 atom stereocenters. The van der Waals surface area contributed by atoms with Gasteiger partial charge in [-0.1, -0.05) is 20.3 Å². The van der Waals surface area contributed by atoms with Crippen molar-refractivity contribution < 1.29 is 15.3 Å². The molecule has 0 radical (unpaired) electrons. The van der Waals surface area contributed by atoms with Crippen molar-refractivity contribution in [3.63, 3.8) is 0 Å². The van der Waals surface area contributed by atoms with Gasteiger partial charge in [0.05, 0.1) is 6.10 Å². The Kier molecular flexibility index (Phi) is 3.69. The van der Waals surface area contributed by atoms with Gasteiger partial charge in [-0.25, -0.2) is 0 Å². The first-order valence-corrected chi connectivity index (χ1v) is 9.79. The summed E-state index contributed by atoms with van der Waals surface area (Å²) in [6.07, 6.45) is 8.76. The van der Waals surface area contributed by atoms with E-state index in [-0.39, 0.29) is 29.0 Å². The monoisotopic (exact) mass is 322 g/mol. The molecule has 1 spiro atoms. The summed E-state index contributed by atoms with van der Waals surface area (Å²) in [5.41, 5.74) is 0.279. The number of rotatable bonds is 2. The molecule has 3 heteroatoms. The predicted octanol–water partition coefficient (Wildman–Crippen LogP) is 2.97.